The molecule has 25 heavy (non-hydrogen) atoms. The van der Waals surface area contributed by atoms with Crippen LogP contribution in [0.1, 0.15) is 41.4 Å². The molecule has 2 rings (SSSR count). The minimum atomic E-state index is -0.877. The van der Waals surface area contributed by atoms with Crippen LogP contribution in [-0.4, -0.2) is 25.1 Å². The summed E-state index contributed by atoms with van der Waals surface area (Å²) in [4.78, 5) is 24.4. The Bertz CT molecular complexity index is 697. The van der Waals surface area contributed by atoms with Crippen LogP contribution in [0, 0.1) is 0 Å². The molecule has 5 heteroatoms. The highest BCUT2D eigenvalue weighted by molar-refractivity contribution is 5.92. The summed E-state index contributed by atoms with van der Waals surface area (Å²) >= 11 is 0. The SMILES string of the molecule is COCc1ccc(C(=O)OC(C)C(=O)NC(C)c2ccccc2)cc1. The van der Waals surface area contributed by atoms with E-state index in [1.807, 2.05) is 37.3 Å². The van der Waals surface area contributed by atoms with E-state index in [4.69, 9.17) is 9.47 Å². The van der Waals surface area contributed by atoms with E-state index in [0.717, 1.165) is 11.1 Å². The molecule has 2 unspecified atom stereocenters. The summed E-state index contributed by atoms with van der Waals surface area (Å²) in [7, 11) is 1.61. The second-order valence-electron chi connectivity index (χ2n) is 5.82. The van der Waals surface area contributed by atoms with Crippen LogP contribution in [0.3, 0.4) is 0 Å². The van der Waals surface area contributed by atoms with Crippen molar-refractivity contribution in [1.82, 2.24) is 5.32 Å². The zero-order chi connectivity index (χ0) is 18.2. The van der Waals surface area contributed by atoms with Gasteiger partial charge in [0.15, 0.2) is 6.10 Å². The summed E-state index contributed by atoms with van der Waals surface area (Å²) in [5.74, 6) is -0.861. The number of hydrogen-bond acceptors (Lipinski definition) is 4. The van der Waals surface area contributed by atoms with E-state index in [1.165, 1.54) is 0 Å². The van der Waals surface area contributed by atoms with E-state index in [-0.39, 0.29) is 11.9 Å². The molecule has 2 aromatic carbocycles. The Morgan fingerprint density at radius 3 is 2.24 bits per heavy atom. The van der Waals surface area contributed by atoms with Gasteiger partial charge in [-0.3, -0.25) is 4.79 Å². The summed E-state index contributed by atoms with van der Waals surface area (Å²) in [6, 6.07) is 16.4. The maximum atomic E-state index is 12.2. The van der Waals surface area contributed by atoms with Gasteiger partial charge >= 0.3 is 5.97 Å². The van der Waals surface area contributed by atoms with E-state index in [1.54, 1.807) is 38.3 Å². The lowest BCUT2D eigenvalue weighted by Gasteiger charge is -2.18. The molecule has 2 atom stereocenters. The maximum absolute atomic E-state index is 12.2. The van der Waals surface area contributed by atoms with Crippen molar-refractivity contribution in [2.24, 2.45) is 0 Å². The number of rotatable bonds is 7. The van der Waals surface area contributed by atoms with Gasteiger partial charge < -0.3 is 14.8 Å². The van der Waals surface area contributed by atoms with Crippen molar-refractivity contribution < 1.29 is 19.1 Å². The minimum absolute atomic E-state index is 0.164. The van der Waals surface area contributed by atoms with Gasteiger partial charge in [0, 0.05) is 7.11 Å². The highest BCUT2D eigenvalue weighted by Crippen LogP contribution is 2.12. The summed E-state index contributed by atoms with van der Waals surface area (Å²) in [6.45, 7) is 3.92. The second kappa shape index (κ2) is 8.99. The van der Waals surface area contributed by atoms with Crippen molar-refractivity contribution in [1.29, 1.82) is 0 Å². The monoisotopic (exact) mass is 341 g/mol. The highest BCUT2D eigenvalue weighted by atomic mass is 16.5. The molecule has 0 radical (unpaired) electrons. The van der Waals surface area contributed by atoms with E-state index in [9.17, 15) is 9.59 Å². The van der Waals surface area contributed by atoms with E-state index < -0.39 is 12.1 Å². The smallest absolute Gasteiger partial charge is 0.338 e. The Balaban J connectivity index is 1.90. The quantitative estimate of drug-likeness (QED) is 0.785. The van der Waals surface area contributed by atoms with E-state index >= 15 is 0 Å². The number of hydrogen-bond donors (Lipinski definition) is 1. The first-order valence-electron chi connectivity index (χ1n) is 8.15. The van der Waals surface area contributed by atoms with Gasteiger partial charge in [0.25, 0.3) is 5.91 Å². The van der Waals surface area contributed by atoms with Crippen LogP contribution in [0.4, 0.5) is 0 Å². The summed E-state index contributed by atoms with van der Waals surface area (Å²) < 4.78 is 10.3. The molecule has 0 saturated carbocycles. The number of benzene rings is 2. The normalized spacial score (nSPS) is 12.9. The second-order valence-corrected chi connectivity index (χ2v) is 5.82. The topological polar surface area (TPSA) is 64.6 Å². The Labute approximate surface area is 148 Å². The zero-order valence-corrected chi connectivity index (χ0v) is 14.7. The van der Waals surface area contributed by atoms with Crippen LogP contribution < -0.4 is 5.32 Å². The number of methoxy groups -OCH3 is 1. The van der Waals surface area contributed by atoms with Crippen LogP contribution in [0.5, 0.6) is 0 Å². The molecule has 0 aliphatic carbocycles. The lowest BCUT2D eigenvalue weighted by molar-refractivity contribution is -0.129. The maximum Gasteiger partial charge on any atom is 0.338 e. The summed E-state index contributed by atoms with van der Waals surface area (Å²) in [6.07, 6.45) is -0.877. The van der Waals surface area contributed by atoms with E-state index in [0.29, 0.717) is 12.2 Å². The molecule has 0 saturated heterocycles. The number of ether oxygens (including phenoxy) is 2. The number of carbonyl (C=O) groups is 2. The van der Waals surface area contributed by atoms with Gasteiger partial charge in [-0.15, -0.1) is 0 Å². The van der Waals surface area contributed by atoms with Crippen molar-refractivity contribution in [3.05, 3.63) is 71.3 Å². The zero-order valence-electron chi connectivity index (χ0n) is 14.7. The van der Waals surface area contributed by atoms with Crippen LogP contribution >= 0.6 is 0 Å². The molecule has 132 valence electrons. The van der Waals surface area contributed by atoms with Crippen molar-refractivity contribution >= 4 is 11.9 Å². The highest BCUT2D eigenvalue weighted by Gasteiger charge is 2.20. The molecule has 1 N–H and O–H groups in total. The number of carbonyl (C=O) groups excluding carboxylic acids is 2. The Hall–Kier alpha value is -2.66. The third-order valence-electron chi connectivity index (χ3n) is 3.81. The van der Waals surface area contributed by atoms with Crippen LogP contribution in [-0.2, 0) is 20.9 Å². The van der Waals surface area contributed by atoms with Gasteiger partial charge in [0.1, 0.15) is 0 Å². The number of amides is 1. The molecule has 0 bridgehead atoms. The number of nitrogens with one attached hydrogen (secondary N) is 1. The average molecular weight is 341 g/mol. The molecule has 1 amide bonds. The van der Waals surface area contributed by atoms with Gasteiger partial charge in [-0.2, -0.15) is 0 Å². The molecular formula is C20H23NO4. The van der Waals surface area contributed by atoms with Crippen molar-refractivity contribution in [2.75, 3.05) is 7.11 Å². The molecular weight excluding hydrogens is 318 g/mol. The van der Waals surface area contributed by atoms with Crippen LogP contribution in [0.25, 0.3) is 0 Å². The minimum Gasteiger partial charge on any atom is -0.449 e. The fourth-order valence-corrected chi connectivity index (χ4v) is 2.34. The standard InChI is InChI=1S/C20H23NO4/c1-14(17-7-5-4-6-8-17)21-19(22)15(2)25-20(23)18-11-9-16(10-12-18)13-24-3/h4-12,14-15H,13H2,1-3H3,(H,21,22). The number of esters is 1. The molecule has 0 aliphatic heterocycles. The molecule has 0 heterocycles. The average Bonchev–Trinajstić information content (AvgIpc) is 2.63. The van der Waals surface area contributed by atoms with Gasteiger partial charge in [-0.05, 0) is 37.1 Å². The lowest BCUT2D eigenvalue weighted by atomic mass is 10.1. The van der Waals surface area contributed by atoms with Crippen LogP contribution in [0.15, 0.2) is 54.6 Å². The van der Waals surface area contributed by atoms with Crippen LogP contribution in [0.2, 0.25) is 0 Å². The van der Waals surface area contributed by atoms with Gasteiger partial charge in [-0.25, -0.2) is 4.79 Å². The van der Waals surface area contributed by atoms with Crippen molar-refractivity contribution in [2.45, 2.75) is 32.6 Å². The Morgan fingerprint density at radius 1 is 1.00 bits per heavy atom. The van der Waals surface area contributed by atoms with Crippen molar-refractivity contribution in [3.8, 4) is 0 Å². The first-order chi connectivity index (χ1) is 12.0. The summed E-state index contributed by atoms with van der Waals surface area (Å²) in [5.41, 5.74) is 2.35. The largest absolute Gasteiger partial charge is 0.449 e. The van der Waals surface area contributed by atoms with Crippen molar-refractivity contribution in [3.63, 3.8) is 0 Å². The van der Waals surface area contributed by atoms with Gasteiger partial charge in [-0.1, -0.05) is 42.5 Å². The lowest BCUT2D eigenvalue weighted by Crippen LogP contribution is -2.37. The third kappa shape index (κ3) is 5.43. The van der Waals surface area contributed by atoms with Gasteiger partial charge in [0.05, 0.1) is 18.2 Å². The summed E-state index contributed by atoms with van der Waals surface area (Å²) in [5, 5.41) is 2.85. The fourth-order valence-electron chi connectivity index (χ4n) is 2.34. The molecule has 0 aliphatic rings. The molecule has 2 aromatic rings. The van der Waals surface area contributed by atoms with Gasteiger partial charge in [0.2, 0.25) is 0 Å². The third-order valence-corrected chi connectivity index (χ3v) is 3.81. The first-order valence-corrected chi connectivity index (χ1v) is 8.15. The predicted octanol–water partition coefficient (Wildman–Crippen LogP) is 3.26. The Morgan fingerprint density at radius 2 is 1.64 bits per heavy atom. The Kier molecular flexibility index (Phi) is 6.71. The van der Waals surface area contributed by atoms with E-state index in [2.05, 4.69) is 5.32 Å². The molecule has 0 aromatic heterocycles. The molecule has 0 spiro atoms. The predicted molar refractivity (Wildman–Crippen MR) is 95.0 cm³/mol. The molecule has 5 nitrogen and oxygen atoms in total. The first kappa shape index (κ1) is 18.7. The molecule has 0 fully saturated rings. The fraction of sp³-hybridized carbons (Fsp3) is 0.300.